The van der Waals surface area contributed by atoms with Gasteiger partial charge in [-0.3, -0.25) is 9.59 Å². The molecule has 0 radical (unpaired) electrons. The molecular weight excluding hydrogens is 244 g/mol. The summed E-state index contributed by atoms with van der Waals surface area (Å²) >= 11 is 0. The Morgan fingerprint density at radius 1 is 1.42 bits per heavy atom. The summed E-state index contributed by atoms with van der Waals surface area (Å²) in [6.07, 6.45) is 0.812. The third-order valence-electron chi connectivity index (χ3n) is 3.41. The van der Waals surface area contributed by atoms with Crippen molar-refractivity contribution < 1.29 is 14.7 Å². The Morgan fingerprint density at radius 3 is 2.68 bits per heavy atom. The van der Waals surface area contributed by atoms with E-state index >= 15 is 0 Å². The first-order valence-electron chi connectivity index (χ1n) is 6.38. The van der Waals surface area contributed by atoms with E-state index in [-0.39, 0.29) is 30.5 Å². The van der Waals surface area contributed by atoms with Gasteiger partial charge >= 0.3 is 0 Å². The summed E-state index contributed by atoms with van der Waals surface area (Å²) in [5.74, 6) is -0.576. The fourth-order valence-corrected chi connectivity index (χ4v) is 2.52. The first kappa shape index (κ1) is 13.5. The van der Waals surface area contributed by atoms with E-state index in [1.165, 1.54) is 6.07 Å². The van der Waals surface area contributed by atoms with Gasteiger partial charge in [0.1, 0.15) is 5.75 Å². The Kier molecular flexibility index (Phi) is 3.57. The molecule has 0 fully saturated rings. The van der Waals surface area contributed by atoms with Crippen LogP contribution < -0.4 is 10.6 Å². The van der Waals surface area contributed by atoms with Crippen molar-refractivity contribution in [1.82, 2.24) is 0 Å². The zero-order valence-corrected chi connectivity index (χ0v) is 11.1. The van der Waals surface area contributed by atoms with Crippen molar-refractivity contribution >= 4 is 17.5 Å². The highest BCUT2D eigenvalue weighted by atomic mass is 16.3. The standard InChI is InChI=1S/C14H18N2O3/c1-8(2)9-3-5-11(17)14-10(9)4-6-12(18)16(14)13(19)7-15/h3,5,8,17H,4,6-7,15H2,1-2H3. The summed E-state index contributed by atoms with van der Waals surface area (Å²) in [5.41, 5.74) is 7.59. The normalized spacial score (nSPS) is 14.7. The van der Waals surface area contributed by atoms with E-state index in [1.54, 1.807) is 0 Å². The molecule has 1 aliphatic heterocycles. The zero-order chi connectivity index (χ0) is 14.2. The monoisotopic (exact) mass is 262 g/mol. The Morgan fingerprint density at radius 2 is 2.11 bits per heavy atom. The molecule has 102 valence electrons. The minimum absolute atomic E-state index is 0.0470. The van der Waals surface area contributed by atoms with Crippen LogP contribution in [0.4, 0.5) is 5.69 Å². The lowest BCUT2D eigenvalue weighted by Crippen LogP contribution is -2.43. The molecule has 1 aromatic rings. The second-order valence-electron chi connectivity index (χ2n) is 4.98. The Bertz CT molecular complexity index is 538. The van der Waals surface area contributed by atoms with Crippen LogP contribution in [0.25, 0.3) is 0 Å². The molecule has 19 heavy (non-hydrogen) atoms. The molecule has 0 aliphatic carbocycles. The summed E-state index contributed by atoms with van der Waals surface area (Å²) in [7, 11) is 0. The third-order valence-corrected chi connectivity index (χ3v) is 3.41. The van der Waals surface area contributed by atoms with Crippen LogP contribution in [0.5, 0.6) is 5.75 Å². The van der Waals surface area contributed by atoms with Gasteiger partial charge in [0.25, 0.3) is 0 Å². The summed E-state index contributed by atoms with van der Waals surface area (Å²) in [6, 6.07) is 3.38. The Balaban J connectivity index is 2.64. The predicted octanol–water partition coefficient (Wildman–Crippen LogP) is 1.28. The summed E-state index contributed by atoms with van der Waals surface area (Å²) in [4.78, 5) is 24.8. The van der Waals surface area contributed by atoms with Gasteiger partial charge in [0.05, 0.1) is 12.2 Å². The molecule has 0 atom stereocenters. The van der Waals surface area contributed by atoms with E-state index < -0.39 is 5.91 Å². The number of benzene rings is 1. The van der Waals surface area contributed by atoms with Gasteiger partial charge in [-0.2, -0.15) is 0 Å². The van der Waals surface area contributed by atoms with E-state index in [4.69, 9.17) is 5.73 Å². The molecule has 1 aromatic carbocycles. The van der Waals surface area contributed by atoms with E-state index in [9.17, 15) is 14.7 Å². The largest absolute Gasteiger partial charge is 0.506 e. The predicted molar refractivity (Wildman–Crippen MR) is 72.1 cm³/mol. The molecule has 1 heterocycles. The minimum Gasteiger partial charge on any atom is -0.506 e. The lowest BCUT2D eigenvalue weighted by Gasteiger charge is -2.30. The number of hydrogen-bond donors (Lipinski definition) is 2. The number of amides is 2. The second-order valence-corrected chi connectivity index (χ2v) is 4.98. The number of rotatable bonds is 2. The molecule has 1 aliphatic rings. The highest BCUT2D eigenvalue weighted by Gasteiger charge is 2.32. The van der Waals surface area contributed by atoms with Crippen molar-refractivity contribution in [2.75, 3.05) is 11.4 Å². The van der Waals surface area contributed by atoms with Gasteiger partial charge in [-0.05, 0) is 29.5 Å². The number of phenolic OH excluding ortho intramolecular Hbond substituents is 1. The van der Waals surface area contributed by atoms with Gasteiger partial charge in [0.2, 0.25) is 11.8 Å². The fourth-order valence-electron chi connectivity index (χ4n) is 2.52. The summed E-state index contributed by atoms with van der Waals surface area (Å²) < 4.78 is 0. The summed E-state index contributed by atoms with van der Waals surface area (Å²) in [6.45, 7) is 3.83. The van der Waals surface area contributed by atoms with E-state index in [0.717, 1.165) is 16.0 Å². The van der Waals surface area contributed by atoms with Crippen LogP contribution in [-0.2, 0) is 16.0 Å². The zero-order valence-electron chi connectivity index (χ0n) is 11.1. The smallest absolute Gasteiger partial charge is 0.247 e. The fraction of sp³-hybridized carbons (Fsp3) is 0.429. The van der Waals surface area contributed by atoms with Crippen molar-refractivity contribution in [1.29, 1.82) is 0 Å². The Labute approximate surface area is 112 Å². The number of aromatic hydroxyl groups is 1. The van der Waals surface area contributed by atoms with Crippen LogP contribution >= 0.6 is 0 Å². The molecule has 0 aromatic heterocycles. The number of nitrogens with zero attached hydrogens (tertiary/aromatic N) is 1. The summed E-state index contributed by atoms with van der Waals surface area (Å²) in [5, 5.41) is 10.0. The van der Waals surface area contributed by atoms with Crippen molar-refractivity contribution in [2.45, 2.75) is 32.6 Å². The first-order valence-corrected chi connectivity index (χ1v) is 6.38. The minimum atomic E-state index is -0.484. The number of anilines is 1. The van der Waals surface area contributed by atoms with Crippen LogP contribution in [0.3, 0.4) is 0 Å². The van der Waals surface area contributed by atoms with E-state index in [0.29, 0.717) is 12.1 Å². The van der Waals surface area contributed by atoms with Crippen LogP contribution in [0.15, 0.2) is 12.1 Å². The number of carbonyl (C=O) groups excluding carboxylic acids is 2. The van der Waals surface area contributed by atoms with Crippen LogP contribution in [0.2, 0.25) is 0 Å². The van der Waals surface area contributed by atoms with Gasteiger partial charge in [-0.15, -0.1) is 0 Å². The molecule has 5 heteroatoms. The first-order chi connectivity index (χ1) is 8.97. The number of imide groups is 1. The van der Waals surface area contributed by atoms with Gasteiger partial charge in [0.15, 0.2) is 0 Å². The van der Waals surface area contributed by atoms with E-state index in [1.807, 2.05) is 19.9 Å². The van der Waals surface area contributed by atoms with E-state index in [2.05, 4.69) is 0 Å². The number of nitrogens with two attached hydrogens (primary N) is 1. The molecule has 2 amide bonds. The number of fused-ring (bicyclic) bond motifs is 1. The highest BCUT2D eigenvalue weighted by Crippen LogP contribution is 2.40. The SMILES string of the molecule is CC(C)c1ccc(O)c2c1CCC(=O)N2C(=O)CN. The molecule has 0 bridgehead atoms. The van der Waals surface area contributed by atoms with Crippen LogP contribution in [0.1, 0.15) is 37.3 Å². The number of carbonyl (C=O) groups is 2. The van der Waals surface area contributed by atoms with Crippen LogP contribution in [0, 0.1) is 0 Å². The highest BCUT2D eigenvalue weighted by molar-refractivity contribution is 6.18. The average molecular weight is 262 g/mol. The molecular formula is C14H18N2O3. The molecule has 0 saturated heterocycles. The number of phenols is 1. The van der Waals surface area contributed by atoms with Gasteiger partial charge < -0.3 is 10.8 Å². The Hall–Kier alpha value is -1.88. The van der Waals surface area contributed by atoms with Crippen molar-refractivity contribution in [3.05, 3.63) is 23.3 Å². The maximum atomic E-state index is 11.9. The molecule has 0 saturated carbocycles. The number of hydrogen-bond acceptors (Lipinski definition) is 4. The topological polar surface area (TPSA) is 83.6 Å². The molecule has 2 rings (SSSR count). The van der Waals surface area contributed by atoms with Crippen molar-refractivity contribution in [3.63, 3.8) is 0 Å². The van der Waals surface area contributed by atoms with Gasteiger partial charge in [0, 0.05) is 6.42 Å². The molecule has 5 nitrogen and oxygen atoms in total. The average Bonchev–Trinajstić information content (AvgIpc) is 2.38. The van der Waals surface area contributed by atoms with Gasteiger partial charge in [-0.25, -0.2) is 4.90 Å². The van der Waals surface area contributed by atoms with Gasteiger partial charge in [-0.1, -0.05) is 19.9 Å². The lowest BCUT2D eigenvalue weighted by atomic mass is 9.89. The second kappa shape index (κ2) is 5.01. The maximum Gasteiger partial charge on any atom is 0.247 e. The lowest BCUT2D eigenvalue weighted by molar-refractivity contribution is -0.126. The van der Waals surface area contributed by atoms with Crippen LogP contribution in [-0.4, -0.2) is 23.5 Å². The van der Waals surface area contributed by atoms with Crippen molar-refractivity contribution in [3.8, 4) is 5.75 Å². The third kappa shape index (κ3) is 2.21. The maximum absolute atomic E-state index is 11.9. The molecule has 0 spiro atoms. The molecule has 3 N–H and O–H groups in total. The molecule has 0 unspecified atom stereocenters. The van der Waals surface area contributed by atoms with Crippen molar-refractivity contribution in [2.24, 2.45) is 5.73 Å². The quantitative estimate of drug-likeness (QED) is 0.841.